The van der Waals surface area contributed by atoms with Gasteiger partial charge in [0.2, 0.25) is 11.4 Å². The van der Waals surface area contributed by atoms with Gasteiger partial charge in [0.05, 0.1) is 0 Å². The van der Waals surface area contributed by atoms with Gasteiger partial charge in [-0.25, -0.2) is 0 Å². The maximum atomic E-state index is 12.8. The summed E-state index contributed by atoms with van der Waals surface area (Å²) in [4.78, 5) is 12.8. The number of carbonyl (C=O) groups is 1. The smallest absolute Gasteiger partial charge is 0.276 e. The van der Waals surface area contributed by atoms with E-state index >= 15 is 0 Å². The van der Waals surface area contributed by atoms with Gasteiger partial charge in [-0.2, -0.15) is 0 Å². The van der Waals surface area contributed by atoms with Gasteiger partial charge in [-0.15, -0.1) is 0 Å². The Bertz CT molecular complexity index is 1010. The van der Waals surface area contributed by atoms with E-state index in [0.717, 1.165) is 10.8 Å². The van der Waals surface area contributed by atoms with Crippen molar-refractivity contribution in [2.45, 2.75) is 11.4 Å². The molecule has 0 saturated heterocycles. The Morgan fingerprint density at radius 2 is 1.48 bits per heavy atom. The van der Waals surface area contributed by atoms with Crippen LogP contribution in [0.3, 0.4) is 0 Å². The van der Waals surface area contributed by atoms with E-state index in [0.29, 0.717) is 16.9 Å². The van der Waals surface area contributed by atoms with Crippen molar-refractivity contribution in [3.05, 3.63) is 77.4 Å². The maximum absolute atomic E-state index is 12.8. The second-order valence-electron chi connectivity index (χ2n) is 6.03. The molecule has 5 rings (SSSR count). The van der Waals surface area contributed by atoms with Crippen molar-refractivity contribution in [1.29, 1.82) is 0 Å². The number of benzene rings is 3. The Morgan fingerprint density at radius 3 is 2.26 bits per heavy atom. The summed E-state index contributed by atoms with van der Waals surface area (Å²) in [7, 11) is 0. The lowest BCUT2D eigenvalue weighted by atomic mass is 9.86. The van der Waals surface area contributed by atoms with Crippen LogP contribution in [0.1, 0.15) is 21.5 Å². The predicted molar refractivity (Wildman–Crippen MR) is 83.1 cm³/mol. The zero-order chi connectivity index (χ0) is 15.8. The van der Waals surface area contributed by atoms with Crippen molar-refractivity contribution >= 4 is 16.6 Å². The third-order valence-electron chi connectivity index (χ3n) is 4.85. The molecule has 0 spiro atoms. The fraction of sp³-hybridized carbons (Fsp3) is 0.105. The molecule has 3 aromatic carbocycles. The molecular formula is C19H12O4. The minimum Gasteiger partial charge on any atom is -0.454 e. The molecule has 4 heteroatoms. The van der Waals surface area contributed by atoms with Crippen LogP contribution in [-0.2, 0) is 11.4 Å². The van der Waals surface area contributed by atoms with Gasteiger partial charge in [-0.3, -0.25) is 4.79 Å². The summed E-state index contributed by atoms with van der Waals surface area (Å²) in [6.07, 6.45) is 0. The Morgan fingerprint density at radius 1 is 0.826 bits per heavy atom. The maximum Gasteiger partial charge on any atom is 0.276 e. The summed E-state index contributed by atoms with van der Waals surface area (Å²) < 4.78 is 5.71. The molecule has 4 nitrogen and oxygen atoms in total. The zero-order valence-electron chi connectivity index (χ0n) is 12.0. The van der Waals surface area contributed by atoms with Crippen LogP contribution < -0.4 is 4.74 Å². The molecule has 1 heterocycles. The number of fused-ring (bicyclic) bond motifs is 6. The minimum absolute atomic E-state index is 0.288. The Hall–Kier alpha value is -2.69. The van der Waals surface area contributed by atoms with Crippen LogP contribution >= 0.6 is 0 Å². The minimum atomic E-state index is -2.12. The van der Waals surface area contributed by atoms with E-state index < -0.39 is 17.2 Å². The van der Waals surface area contributed by atoms with E-state index in [4.69, 9.17) is 4.74 Å². The molecule has 0 amide bonds. The van der Waals surface area contributed by atoms with Crippen LogP contribution in [0.5, 0.6) is 5.75 Å². The fourth-order valence-corrected chi connectivity index (χ4v) is 3.70. The molecule has 0 radical (unpaired) electrons. The molecule has 0 fully saturated rings. The standard InChI is InChI=1S/C19H12O4/c20-17-13-7-3-4-8-14(13)19(22)18(17,21)15-9-11-5-1-2-6-12(11)10-16(15)23-19/h1-10,21-22H/t18-,19+/m0/s1. The van der Waals surface area contributed by atoms with Crippen LogP contribution in [0.4, 0.5) is 0 Å². The summed E-state index contributed by atoms with van der Waals surface area (Å²) in [6.45, 7) is 0. The first-order valence-corrected chi connectivity index (χ1v) is 7.37. The van der Waals surface area contributed by atoms with Crippen LogP contribution in [0, 0.1) is 0 Å². The number of rotatable bonds is 0. The third kappa shape index (κ3) is 1.28. The largest absolute Gasteiger partial charge is 0.454 e. The van der Waals surface area contributed by atoms with E-state index in [9.17, 15) is 15.0 Å². The first kappa shape index (κ1) is 12.8. The SMILES string of the molecule is O=C1c2ccccc2[C@@]2(O)Oc3cc4ccccc4cc3[C@]12O. The Labute approximate surface area is 131 Å². The molecule has 2 N–H and O–H groups in total. The lowest BCUT2D eigenvalue weighted by Crippen LogP contribution is -2.48. The van der Waals surface area contributed by atoms with E-state index in [2.05, 4.69) is 0 Å². The number of hydrogen-bond donors (Lipinski definition) is 2. The van der Waals surface area contributed by atoms with Gasteiger partial charge in [-0.1, -0.05) is 48.5 Å². The second kappa shape index (κ2) is 3.79. The van der Waals surface area contributed by atoms with Crippen molar-refractivity contribution in [3.8, 4) is 5.75 Å². The van der Waals surface area contributed by atoms with Gasteiger partial charge in [0.1, 0.15) is 5.75 Å². The van der Waals surface area contributed by atoms with E-state index in [-0.39, 0.29) is 5.56 Å². The molecule has 23 heavy (non-hydrogen) atoms. The summed E-state index contributed by atoms with van der Waals surface area (Å²) in [5.41, 5.74) is -1.22. The third-order valence-corrected chi connectivity index (χ3v) is 4.85. The molecule has 0 saturated carbocycles. The predicted octanol–water partition coefficient (Wildman–Crippen LogP) is 2.46. The number of aliphatic hydroxyl groups is 2. The van der Waals surface area contributed by atoms with Gasteiger partial charge in [-0.05, 0) is 22.9 Å². The highest BCUT2D eigenvalue weighted by molar-refractivity contribution is 6.10. The van der Waals surface area contributed by atoms with Crippen molar-refractivity contribution in [2.24, 2.45) is 0 Å². The van der Waals surface area contributed by atoms with Crippen molar-refractivity contribution < 1.29 is 19.7 Å². The normalized spacial score (nSPS) is 27.5. The number of carbonyl (C=O) groups excluding carboxylic acids is 1. The monoisotopic (exact) mass is 304 g/mol. The summed E-state index contributed by atoms with van der Waals surface area (Å²) in [5, 5.41) is 24.0. The number of hydrogen-bond acceptors (Lipinski definition) is 4. The van der Waals surface area contributed by atoms with Gasteiger partial charge >= 0.3 is 0 Å². The topological polar surface area (TPSA) is 66.8 Å². The average Bonchev–Trinajstić information content (AvgIpc) is 2.90. The fourth-order valence-electron chi connectivity index (χ4n) is 3.70. The van der Waals surface area contributed by atoms with Crippen LogP contribution in [0.25, 0.3) is 10.8 Å². The molecule has 1 aliphatic heterocycles. The highest BCUT2D eigenvalue weighted by atomic mass is 16.7. The molecule has 0 aromatic heterocycles. The summed E-state index contributed by atoms with van der Waals surface area (Å²) >= 11 is 0. The molecule has 2 atom stereocenters. The highest BCUT2D eigenvalue weighted by Gasteiger charge is 2.70. The zero-order valence-corrected chi connectivity index (χ0v) is 12.0. The molecule has 2 aliphatic rings. The lowest BCUT2D eigenvalue weighted by Gasteiger charge is -2.28. The molecule has 3 aromatic rings. The van der Waals surface area contributed by atoms with Crippen LogP contribution in [-0.4, -0.2) is 16.0 Å². The Kier molecular flexibility index (Phi) is 2.11. The summed E-state index contributed by atoms with van der Waals surface area (Å²) in [5.74, 6) is -2.29. The first-order valence-electron chi connectivity index (χ1n) is 7.37. The molecular weight excluding hydrogens is 292 g/mol. The van der Waals surface area contributed by atoms with Crippen molar-refractivity contribution in [3.63, 3.8) is 0 Å². The van der Waals surface area contributed by atoms with Crippen LogP contribution in [0.15, 0.2) is 60.7 Å². The average molecular weight is 304 g/mol. The lowest BCUT2D eigenvalue weighted by molar-refractivity contribution is -0.224. The molecule has 0 unspecified atom stereocenters. The van der Waals surface area contributed by atoms with Gasteiger partial charge in [0, 0.05) is 16.7 Å². The molecule has 112 valence electrons. The Balaban J connectivity index is 1.86. The number of ether oxygens (including phenoxy) is 1. The van der Waals surface area contributed by atoms with E-state index in [1.807, 2.05) is 24.3 Å². The first-order chi connectivity index (χ1) is 11.1. The van der Waals surface area contributed by atoms with Gasteiger partial charge in [0.25, 0.3) is 5.79 Å². The van der Waals surface area contributed by atoms with Crippen LogP contribution in [0.2, 0.25) is 0 Å². The molecule has 1 aliphatic carbocycles. The van der Waals surface area contributed by atoms with E-state index in [1.165, 1.54) is 0 Å². The van der Waals surface area contributed by atoms with Crippen molar-refractivity contribution in [2.75, 3.05) is 0 Å². The second-order valence-corrected chi connectivity index (χ2v) is 6.03. The molecule has 0 bridgehead atoms. The van der Waals surface area contributed by atoms with Gasteiger partial charge < -0.3 is 14.9 Å². The van der Waals surface area contributed by atoms with Gasteiger partial charge in [0.15, 0.2) is 0 Å². The quantitative estimate of drug-likeness (QED) is 0.669. The van der Waals surface area contributed by atoms with E-state index in [1.54, 1.807) is 36.4 Å². The number of Topliss-reactive ketones (excluding diaryl/α,β-unsaturated/α-hetero) is 1. The van der Waals surface area contributed by atoms with Crippen molar-refractivity contribution in [1.82, 2.24) is 0 Å². The summed E-state index contributed by atoms with van der Waals surface area (Å²) in [6, 6.07) is 17.7. The highest BCUT2D eigenvalue weighted by Crippen LogP contribution is 2.58. The number of ketones is 1.